The number of nitrogens with zero attached hydrogens (tertiary/aromatic N) is 1. The van der Waals surface area contributed by atoms with E-state index in [-0.39, 0.29) is 18.2 Å². The van der Waals surface area contributed by atoms with E-state index < -0.39 is 0 Å². The van der Waals surface area contributed by atoms with Crippen LogP contribution in [0.5, 0.6) is 0 Å². The zero-order valence-electron chi connectivity index (χ0n) is 11.6. The lowest BCUT2D eigenvalue weighted by Crippen LogP contribution is -2.12. The smallest absolute Gasteiger partial charge is 0.225 e. The van der Waals surface area contributed by atoms with Crippen LogP contribution in [-0.4, -0.2) is 21.8 Å². The number of hydrogen-bond acceptors (Lipinski definition) is 2. The summed E-state index contributed by atoms with van der Waals surface area (Å²) in [5.41, 5.74) is 3.18. The van der Waals surface area contributed by atoms with Gasteiger partial charge in [0.05, 0.1) is 16.7 Å². The van der Waals surface area contributed by atoms with Gasteiger partial charge in [0.2, 0.25) is 5.91 Å². The molecule has 0 aliphatic rings. The number of alkyl halides is 1. The van der Waals surface area contributed by atoms with Crippen LogP contribution in [0.3, 0.4) is 0 Å². The number of fused-ring (bicyclic) bond motifs is 1. The summed E-state index contributed by atoms with van der Waals surface area (Å²) >= 11 is 11.7. The second kappa shape index (κ2) is 6.38. The molecule has 0 fully saturated rings. The Morgan fingerprint density at radius 1 is 1.23 bits per heavy atom. The molecule has 3 rings (SSSR count). The molecule has 0 aliphatic carbocycles. The van der Waals surface area contributed by atoms with Crippen molar-refractivity contribution >= 4 is 45.8 Å². The molecule has 3 aromatic rings. The summed E-state index contributed by atoms with van der Waals surface area (Å²) in [6.07, 6.45) is 0.254. The number of carbonyl (C=O) groups is 1. The van der Waals surface area contributed by atoms with Gasteiger partial charge in [-0.2, -0.15) is 0 Å². The molecule has 0 saturated heterocycles. The van der Waals surface area contributed by atoms with Crippen LogP contribution in [0.25, 0.3) is 22.4 Å². The number of anilines is 1. The minimum Gasteiger partial charge on any atom is -0.338 e. The Kier molecular flexibility index (Phi) is 4.32. The third-order valence-corrected chi connectivity index (χ3v) is 3.65. The highest BCUT2D eigenvalue weighted by atomic mass is 35.5. The van der Waals surface area contributed by atoms with Crippen LogP contribution in [0.4, 0.5) is 5.69 Å². The van der Waals surface area contributed by atoms with Crippen molar-refractivity contribution in [1.82, 2.24) is 9.97 Å². The molecule has 0 unspecified atom stereocenters. The van der Waals surface area contributed by atoms with Gasteiger partial charge >= 0.3 is 0 Å². The Morgan fingerprint density at radius 3 is 2.82 bits per heavy atom. The van der Waals surface area contributed by atoms with E-state index in [0.717, 1.165) is 16.6 Å². The number of imidazole rings is 1. The summed E-state index contributed by atoms with van der Waals surface area (Å²) in [6, 6.07) is 13.0. The number of aromatic nitrogens is 2. The lowest BCUT2D eigenvalue weighted by molar-refractivity contribution is -0.115. The van der Waals surface area contributed by atoms with Crippen LogP contribution >= 0.6 is 23.2 Å². The number of hydrogen-bond donors (Lipinski definition) is 2. The highest BCUT2D eigenvalue weighted by Gasteiger charge is 2.12. The molecule has 112 valence electrons. The third kappa shape index (κ3) is 3.08. The molecule has 0 bridgehead atoms. The van der Waals surface area contributed by atoms with Crippen molar-refractivity contribution < 1.29 is 4.79 Å². The van der Waals surface area contributed by atoms with Gasteiger partial charge in [0.15, 0.2) is 0 Å². The van der Waals surface area contributed by atoms with Gasteiger partial charge in [0.25, 0.3) is 0 Å². The van der Waals surface area contributed by atoms with Crippen molar-refractivity contribution in [2.45, 2.75) is 6.42 Å². The van der Waals surface area contributed by atoms with E-state index in [1.54, 1.807) is 18.2 Å². The van der Waals surface area contributed by atoms with E-state index in [1.807, 2.05) is 24.3 Å². The van der Waals surface area contributed by atoms with Crippen LogP contribution in [0.2, 0.25) is 5.02 Å². The number of carbonyl (C=O) groups excluding carboxylic acids is 1. The summed E-state index contributed by atoms with van der Waals surface area (Å²) in [5.74, 6) is 0.791. The van der Waals surface area contributed by atoms with Crippen LogP contribution in [-0.2, 0) is 4.79 Å². The highest BCUT2D eigenvalue weighted by molar-refractivity contribution is 6.31. The first-order valence-electron chi connectivity index (χ1n) is 6.78. The number of aromatic amines is 1. The normalized spacial score (nSPS) is 10.8. The Morgan fingerprint density at radius 2 is 2.05 bits per heavy atom. The van der Waals surface area contributed by atoms with Crippen molar-refractivity contribution in [3.05, 3.63) is 47.5 Å². The molecule has 2 aromatic carbocycles. The number of benzene rings is 2. The fourth-order valence-corrected chi connectivity index (χ4v) is 2.54. The minimum absolute atomic E-state index is 0.144. The fraction of sp³-hybridized carbons (Fsp3) is 0.125. The van der Waals surface area contributed by atoms with Gasteiger partial charge in [0, 0.05) is 22.9 Å². The number of halogens is 2. The molecule has 0 atom stereocenters. The van der Waals surface area contributed by atoms with E-state index in [0.29, 0.717) is 16.5 Å². The third-order valence-electron chi connectivity index (χ3n) is 3.22. The monoisotopic (exact) mass is 333 g/mol. The van der Waals surface area contributed by atoms with E-state index in [4.69, 9.17) is 23.2 Å². The van der Waals surface area contributed by atoms with Gasteiger partial charge in [-0.1, -0.05) is 23.7 Å². The molecule has 0 radical (unpaired) electrons. The maximum absolute atomic E-state index is 11.8. The fourth-order valence-electron chi connectivity index (χ4n) is 2.20. The lowest BCUT2D eigenvalue weighted by Gasteiger charge is -2.09. The zero-order chi connectivity index (χ0) is 15.5. The maximum Gasteiger partial charge on any atom is 0.225 e. The molecule has 0 spiro atoms. The molecular weight excluding hydrogens is 321 g/mol. The summed E-state index contributed by atoms with van der Waals surface area (Å²) < 4.78 is 0. The van der Waals surface area contributed by atoms with Crippen LogP contribution in [0.1, 0.15) is 6.42 Å². The van der Waals surface area contributed by atoms with E-state index in [1.165, 1.54) is 0 Å². The van der Waals surface area contributed by atoms with E-state index in [9.17, 15) is 4.79 Å². The second-order valence-corrected chi connectivity index (χ2v) is 5.59. The average molecular weight is 334 g/mol. The Balaban J connectivity index is 2.04. The van der Waals surface area contributed by atoms with Gasteiger partial charge in [-0.15, -0.1) is 11.6 Å². The first-order chi connectivity index (χ1) is 10.7. The first kappa shape index (κ1) is 14.9. The molecule has 1 heterocycles. The maximum atomic E-state index is 11.8. The van der Waals surface area contributed by atoms with Gasteiger partial charge < -0.3 is 10.3 Å². The molecule has 0 saturated carbocycles. The number of rotatable bonds is 4. The van der Waals surface area contributed by atoms with Crippen molar-refractivity contribution in [2.24, 2.45) is 0 Å². The lowest BCUT2D eigenvalue weighted by atomic mass is 10.1. The number of para-hydroxylation sites is 2. The van der Waals surface area contributed by atoms with Gasteiger partial charge in [-0.05, 0) is 30.3 Å². The largest absolute Gasteiger partial charge is 0.338 e. The molecule has 6 heteroatoms. The SMILES string of the molecule is O=C(CCCl)Nc1ccc(Cl)cc1-c1nc2ccccc2[nH]1. The van der Waals surface area contributed by atoms with Gasteiger partial charge in [-0.3, -0.25) is 4.79 Å². The Hall–Kier alpha value is -2.04. The zero-order valence-corrected chi connectivity index (χ0v) is 13.1. The minimum atomic E-state index is -0.144. The average Bonchev–Trinajstić information content (AvgIpc) is 2.93. The predicted octanol–water partition coefficient (Wildman–Crippen LogP) is 4.45. The molecule has 1 aromatic heterocycles. The van der Waals surface area contributed by atoms with Gasteiger partial charge in [-0.25, -0.2) is 4.98 Å². The molecule has 4 nitrogen and oxygen atoms in total. The van der Waals surface area contributed by atoms with Crippen molar-refractivity contribution in [2.75, 3.05) is 11.2 Å². The summed E-state index contributed by atoms with van der Waals surface area (Å²) in [6.45, 7) is 0. The van der Waals surface area contributed by atoms with Crippen molar-refractivity contribution in [3.63, 3.8) is 0 Å². The highest BCUT2D eigenvalue weighted by Crippen LogP contribution is 2.30. The van der Waals surface area contributed by atoms with Gasteiger partial charge in [0.1, 0.15) is 5.82 Å². The molecule has 1 amide bonds. The van der Waals surface area contributed by atoms with E-state index in [2.05, 4.69) is 15.3 Å². The van der Waals surface area contributed by atoms with Crippen LogP contribution < -0.4 is 5.32 Å². The predicted molar refractivity (Wildman–Crippen MR) is 90.5 cm³/mol. The topological polar surface area (TPSA) is 57.8 Å². The van der Waals surface area contributed by atoms with E-state index >= 15 is 0 Å². The quantitative estimate of drug-likeness (QED) is 0.693. The Bertz CT molecular complexity index is 796. The standard InChI is InChI=1S/C16H13Cl2N3O/c17-8-7-15(22)19-12-6-5-10(18)9-11(12)16-20-13-3-1-2-4-14(13)21-16/h1-6,9H,7-8H2,(H,19,22)(H,20,21). The summed E-state index contributed by atoms with van der Waals surface area (Å²) in [4.78, 5) is 19.6. The van der Waals surface area contributed by atoms with Crippen molar-refractivity contribution in [3.8, 4) is 11.4 Å². The summed E-state index contributed by atoms with van der Waals surface area (Å²) in [5, 5.41) is 3.41. The van der Waals surface area contributed by atoms with Crippen LogP contribution in [0.15, 0.2) is 42.5 Å². The number of amides is 1. The Labute approximate surface area is 137 Å². The number of nitrogens with one attached hydrogen (secondary N) is 2. The first-order valence-corrected chi connectivity index (χ1v) is 7.69. The second-order valence-electron chi connectivity index (χ2n) is 4.78. The summed E-state index contributed by atoms with van der Waals surface area (Å²) in [7, 11) is 0. The van der Waals surface area contributed by atoms with Crippen molar-refractivity contribution in [1.29, 1.82) is 0 Å². The number of H-pyrrole nitrogens is 1. The molecule has 0 aliphatic heterocycles. The molecular formula is C16H13Cl2N3O. The van der Waals surface area contributed by atoms with Crippen LogP contribution in [0, 0.1) is 0 Å². The molecule has 22 heavy (non-hydrogen) atoms. The molecule has 2 N–H and O–H groups in total.